The smallest absolute Gasteiger partial charge is 0.245 e. The summed E-state index contributed by atoms with van der Waals surface area (Å²) < 4.78 is 6.08. The molecule has 0 saturated heterocycles. The number of allylic oxidation sites excluding steroid dienone is 1. The van der Waals surface area contributed by atoms with E-state index in [1.54, 1.807) is 12.0 Å². The lowest BCUT2D eigenvalue weighted by molar-refractivity contribution is -0.127. The fourth-order valence-corrected chi connectivity index (χ4v) is 2.89. The molecule has 0 bridgehead atoms. The van der Waals surface area contributed by atoms with E-state index in [-0.39, 0.29) is 5.91 Å². The van der Waals surface area contributed by atoms with Crippen molar-refractivity contribution >= 4 is 39.1 Å². The van der Waals surface area contributed by atoms with Crippen LogP contribution in [0.15, 0.2) is 28.7 Å². The molecular weight excluding hydrogens is 330 g/mol. The molecule has 0 fully saturated rings. The monoisotopic (exact) mass is 343 g/mol. The average Bonchev–Trinajstić information content (AvgIpc) is 2.42. The highest BCUT2D eigenvalue weighted by molar-refractivity contribution is 9.10. The highest BCUT2D eigenvalue weighted by Gasteiger charge is 2.29. The van der Waals surface area contributed by atoms with Crippen molar-refractivity contribution in [3.05, 3.63) is 34.3 Å². The van der Waals surface area contributed by atoms with E-state index in [4.69, 9.17) is 16.3 Å². The summed E-state index contributed by atoms with van der Waals surface area (Å²) in [6.07, 6.45) is 2.57. The predicted molar refractivity (Wildman–Crippen MR) is 80.3 cm³/mol. The van der Waals surface area contributed by atoms with Gasteiger partial charge in [0.05, 0.1) is 7.11 Å². The van der Waals surface area contributed by atoms with Crippen LogP contribution in [0.25, 0.3) is 5.70 Å². The summed E-state index contributed by atoms with van der Waals surface area (Å²) in [7, 11) is 1.63. The summed E-state index contributed by atoms with van der Waals surface area (Å²) in [6, 6.07) is 5.71. The van der Waals surface area contributed by atoms with Gasteiger partial charge in [0.25, 0.3) is 0 Å². The standard InChI is InChI=1S/C14H15BrClNO2/c1-3-17-13(7-6-12(16)14(17)18)10-5-4-9(19-2)8-11(10)15/h4-5,7-8,12H,3,6H2,1-2H3. The van der Waals surface area contributed by atoms with E-state index >= 15 is 0 Å². The van der Waals surface area contributed by atoms with E-state index in [1.165, 1.54) is 0 Å². The van der Waals surface area contributed by atoms with Crippen LogP contribution in [0.3, 0.4) is 0 Å². The Hall–Kier alpha value is -1.00. The van der Waals surface area contributed by atoms with Crippen molar-refractivity contribution in [3.63, 3.8) is 0 Å². The molecule has 0 spiro atoms. The Bertz CT molecular complexity index is 530. The molecule has 1 atom stereocenters. The van der Waals surface area contributed by atoms with Gasteiger partial charge in [-0.15, -0.1) is 11.6 Å². The maximum atomic E-state index is 12.1. The van der Waals surface area contributed by atoms with Crippen LogP contribution in [0.1, 0.15) is 18.9 Å². The van der Waals surface area contributed by atoms with Gasteiger partial charge in [0, 0.05) is 22.3 Å². The topological polar surface area (TPSA) is 29.5 Å². The van der Waals surface area contributed by atoms with Gasteiger partial charge in [0.2, 0.25) is 5.91 Å². The number of hydrogen-bond acceptors (Lipinski definition) is 2. The van der Waals surface area contributed by atoms with E-state index in [1.807, 2.05) is 31.2 Å². The van der Waals surface area contributed by atoms with Gasteiger partial charge in [-0.2, -0.15) is 0 Å². The van der Waals surface area contributed by atoms with Gasteiger partial charge in [-0.05, 0) is 47.5 Å². The Labute approximate surface area is 126 Å². The largest absolute Gasteiger partial charge is 0.497 e. The molecule has 1 aliphatic heterocycles. The van der Waals surface area contributed by atoms with Crippen LogP contribution < -0.4 is 4.74 Å². The number of carbonyl (C=O) groups is 1. The van der Waals surface area contributed by atoms with Crippen LogP contribution in [0.5, 0.6) is 5.75 Å². The lowest BCUT2D eigenvalue weighted by Gasteiger charge is -2.30. The van der Waals surface area contributed by atoms with E-state index in [2.05, 4.69) is 15.9 Å². The highest BCUT2D eigenvalue weighted by atomic mass is 79.9. The maximum absolute atomic E-state index is 12.1. The fourth-order valence-electron chi connectivity index (χ4n) is 2.13. The average molecular weight is 345 g/mol. The first-order chi connectivity index (χ1) is 9.08. The van der Waals surface area contributed by atoms with Gasteiger partial charge in [0.1, 0.15) is 11.1 Å². The van der Waals surface area contributed by atoms with Gasteiger partial charge in [-0.3, -0.25) is 4.79 Å². The van der Waals surface area contributed by atoms with E-state index < -0.39 is 5.38 Å². The zero-order valence-corrected chi connectivity index (χ0v) is 13.2. The Morgan fingerprint density at radius 2 is 2.26 bits per heavy atom. The number of ether oxygens (including phenoxy) is 1. The zero-order valence-electron chi connectivity index (χ0n) is 10.8. The van der Waals surface area contributed by atoms with Gasteiger partial charge >= 0.3 is 0 Å². The molecule has 0 saturated carbocycles. The first-order valence-electron chi connectivity index (χ1n) is 6.08. The zero-order chi connectivity index (χ0) is 14.0. The second-order valence-corrected chi connectivity index (χ2v) is 5.60. The summed E-state index contributed by atoms with van der Waals surface area (Å²) >= 11 is 9.54. The third-order valence-corrected chi connectivity index (χ3v) is 4.13. The molecule has 0 N–H and O–H groups in total. The molecule has 0 aromatic heterocycles. The minimum Gasteiger partial charge on any atom is -0.497 e. The molecule has 2 rings (SSSR count). The molecule has 1 aliphatic rings. The number of hydrogen-bond donors (Lipinski definition) is 0. The van der Waals surface area contributed by atoms with Gasteiger partial charge < -0.3 is 9.64 Å². The summed E-state index contributed by atoms with van der Waals surface area (Å²) in [4.78, 5) is 13.8. The van der Waals surface area contributed by atoms with Crippen LogP contribution in [0.2, 0.25) is 0 Å². The SMILES string of the molecule is CCN1C(=O)C(Cl)CC=C1c1ccc(OC)cc1Br. The van der Waals surface area contributed by atoms with Crippen molar-refractivity contribution in [1.82, 2.24) is 4.90 Å². The number of amides is 1. The quantitative estimate of drug-likeness (QED) is 0.783. The van der Waals surface area contributed by atoms with E-state index in [0.29, 0.717) is 13.0 Å². The summed E-state index contributed by atoms with van der Waals surface area (Å²) in [5.74, 6) is 0.737. The molecule has 3 nitrogen and oxygen atoms in total. The molecule has 1 aromatic rings. The van der Waals surface area contributed by atoms with E-state index in [0.717, 1.165) is 21.5 Å². The summed E-state index contributed by atoms with van der Waals surface area (Å²) in [5, 5.41) is -0.458. The molecule has 0 radical (unpaired) electrons. The molecular formula is C14H15BrClNO2. The molecule has 1 heterocycles. The number of halogens is 2. The Morgan fingerprint density at radius 1 is 1.53 bits per heavy atom. The normalized spacial score (nSPS) is 19.4. The van der Waals surface area contributed by atoms with E-state index in [9.17, 15) is 4.79 Å². The lowest BCUT2D eigenvalue weighted by Crippen LogP contribution is -2.38. The fraction of sp³-hybridized carbons (Fsp3) is 0.357. The molecule has 19 heavy (non-hydrogen) atoms. The summed E-state index contributed by atoms with van der Waals surface area (Å²) in [6.45, 7) is 2.55. The number of carbonyl (C=O) groups excluding carboxylic acids is 1. The number of alkyl halides is 1. The molecule has 1 unspecified atom stereocenters. The molecule has 0 aliphatic carbocycles. The van der Waals surface area contributed by atoms with Crippen LogP contribution in [0.4, 0.5) is 0 Å². The molecule has 102 valence electrons. The Kier molecular flexibility index (Phi) is 4.53. The predicted octanol–water partition coefficient (Wildman–Crippen LogP) is 3.66. The lowest BCUT2D eigenvalue weighted by atomic mass is 10.0. The van der Waals surface area contributed by atoms with Gasteiger partial charge in [-0.25, -0.2) is 0 Å². The van der Waals surface area contributed by atoms with Crippen molar-refractivity contribution in [2.24, 2.45) is 0 Å². The minimum absolute atomic E-state index is 0.0376. The second kappa shape index (κ2) is 5.97. The highest BCUT2D eigenvalue weighted by Crippen LogP contribution is 2.34. The van der Waals surface area contributed by atoms with Crippen molar-refractivity contribution in [3.8, 4) is 5.75 Å². The van der Waals surface area contributed by atoms with Crippen molar-refractivity contribution in [2.45, 2.75) is 18.7 Å². The van der Waals surface area contributed by atoms with Crippen LogP contribution in [-0.4, -0.2) is 29.8 Å². The van der Waals surface area contributed by atoms with Gasteiger partial charge in [-0.1, -0.05) is 6.08 Å². The number of benzene rings is 1. The number of rotatable bonds is 3. The van der Waals surface area contributed by atoms with Crippen molar-refractivity contribution < 1.29 is 9.53 Å². The van der Waals surface area contributed by atoms with Crippen LogP contribution in [0, 0.1) is 0 Å². The molecule has 5 heteroatoms. The molecule has 1 aromatic carbocycles. The number of nitrogens with zero attached hydrogens (tertiary/aromatic N) is 1. The second-order valence-electron chi connectivity index (χ2n) is 4.22. The first kappa shape index (κ1) is 14.4. The van der Waals surface area contributed by atoms with Crippen LogP contribution in [-0.2, 0) is 4.79 Å². The maximum Gasteiger partial charge on any atom is 0.245 e. The van der Waals surface area contributed by atoms with Gasteiger partial charge in [0.15, 0.2) is 0 Å². The third-order valence-electron chi connectivity index (χ3n) is 3.11. The van der Waals surface area contributed by atoms with Crippen LogP contribution >= 0.6 is 27.5 Å². The Balaban J connectivity index is 2.42. The summed E-state index contributed by atoms with van der Waals surface area (Å²) in [5.41, 5.74) is 1.87. The molecule has 1 amide bonds. The number of methoxy groups -OCH3 is 1. The first-order valence-corrected chi connectivity index (χ1v) is 7.31. The third kappa shape index (κ3) is 2.79. The Morgan fingerprint density at radius 3 is 2.84 bits per heavy atom. The minimum atomic E-state index is -0.458. The van der Waals surface area contributed by atoms with Crippen molar-refractivity contribution in [2.75, 3.05) is 13.7 Å². The van der Waals surface area contributed by atoms with Crippen molar-refractivity contribution in [1.29, 1.82) is 0 Å².